The van der Waals surface area contributed by atoms with E-state index in [1.807, 2.05) is 0 Å². The standard InChI is InChI=1S/C22H29N5O10/c23-12(6-7-17(29)30)19(33)25-14(10-18(31)32)21(35)26-13(8-11-4-2-1-3-5-11)20(34)27-15(22(36)37)9-16(24)28/h1-5,12-15H,6-10,23H2,(H2,24,28)(H,25,33)(H,26,35)(H,27,34)(H,29,30)(H,31,32)(H,36,37). The summed E-state index contributed by atoms with van der Waals surface area (Å²) in [6.45, 7) is 0. The van der Waals surface area contributed by atoms with E-state index < -0.39 is 85.0 Å². The van der Waals surface area contributed by atoms with E-state index >= 15 is 0 Å². The molecule has 0 heterocycles. The zero-order valence-electron chi connectivity index (χ0n) is 19.6. The van der Waals surface area contributed by atoms with Crippen LogP contribution in [0, 0.1) is 0 Å². The molecular formula is C22H29N5O10. The molecule has 0 aliphatic carbocycles. The van der Waals surface area contributed by atoms with Crippen molar-refractivity contribution in [3.05, 3.63) is 35.9 Å². The van der Waals surface area contributed by atoms with Crippen LogP contribution in [-0.2, 0) is 40.0 Å². The van der Waals surface area contributed by atoms with Gasteiger partial charge < -0.3 is 42.7 Å². The van der Waals surface area contributed by atoms with Crippen LogP contribution in [0.5, 0.6) is 0 Å². The first-order chi connectivity index (χ1) is 17.3. The fourth-order valence-corrected chi connectivity index (χ4v) is 3.08. The normalized spacial score (nSPS) is 13.8. The van der Waals surface area contributed by atoms with Gasteiger partial charge in [0.1, 0.15) is 18.1 Å². The monoisotopic (exact) mass is 523 g/mol. The van der Waals surface area contributed by atoms with Crippen LogP contribution in [0.2, 0.25) is 0 Å². The summed E-state index contributed by atoms with van der Waals surface area (Å²) in [5.41, 5.74) is 11.2. The van der Waals surface area contributed by atoms with Gasteiger partial charge in [-0.2, -0.15) is 0 Å². The smallest absolute Gasteiger partial charge is 0.326 e. The Balaban J connectivity index is 3.11. The molecule has 0 radical (unpaired) electrons. The van der Waals surface area contributed by atoms with Crippen LogP contribution in [-0.4, -0.2) is 81.0 Å². The second-order valence-electron chi connectivity index (χ2n) is 8.02. The number of rotatable bonds is 16. The fraction of sp³-hybridized carbons (Fsp3) is 0.409. The Labute approximate surface area is 210 Å². The van der Waals surface area contributed by atoms with Gasteiger partial charge in [0.2, 0.25) is 23.6 Å². The molecule has 15 nitrogen and oxygen atoms in total. The van der Waals surface area contributed by atoms with Crippen molar-refractivity contribution in [2.24, 2.45) is 11.5 Å². The number of carboxylic acids is 3. The lowest BCUT2D eigenvalue weighted by molar-refractivity contribution is -0.144. The van der Waals surface area contributed by atoms with Crippen LogP contribution in [0.3, 0.4) is 0 Å². The summed E-state index contributed by atoms with van der Waals surface area (Å²) in [4.78, 5) is 82.6. The average Bonchev–Trinajstić information content (AvgIpc) is 2.80. The van der Waals surface area contributed by atoms with Crippen molar-refractivity contribution in [3.8, 4) is 0 Å². The molecule has 0 aliphatic heterocycles. The maximum absolute atomic E-state index is 12.9. The lowest BCUT2D eigenvalue weighted by atomic mass is 10.0. The van der Waals surface area contributed by atoms with Crippen molar-refractivity contribution >= 4 is 41.5 Å². The van der Waals surface area contributed by atoms with Crippen molar-refractivity contribution in [2.75, 3.05) is 0 Å². The highest BCUT2D eigenvalue weighted by Gasteiger charge is 2.32. The number of aliphatic carboxylic acids is 3. The Morgan fingerprint density at radius 1 is 0.730 bits per heavy atom. The van der Waals surface area contributed by atoms with Gasteiger partial charge in [-0.15, -0.1) is 0 Å². The van der Waals surface area contributed by atoms with E-state index in [4.69, 9.17) is 16.6 Å². The zero-order valence-corrected chi connectivity index (χ0v) is 19.6. The van der Waals surface area contributed by atoms with Gasteiger partial charge in [0, 0.05) is 12.8 Å². The molecule has 15 heteroatoms. The lowest BCUT2D eigenvalue weighted by Gasteiger charge is -2.24. The number of hydrogen-bond donors (Lipinski definition) is 8. The highest BCUT2D eigenvalue weighted by molar-refractivity contribution is 5.96. The Morgan fingerprint density at radius 2 is 1.27 bits per heavy atom. The summed E-state index contributed by atoms with van der Waals surface area (Å²) in [5, 5.41) is 33.7. The summed E-state index contributed by atoms with van der Waals surface area (Å²) in [7, 11) is 0. The van der Waals surface area contributed by atoms with Crippen LogP contribution < -0.4 is 27.4 Å². The molecule has 0 aromatic heterocycles. The molecule has 0 saturated heterocycles. The number of nitrogens with two attached hydrogens (primary N) is 2. The van der Waals surface area contributed by atoms with Crippen molar-refractivity contribution in [3.63, 3.8) is 0 Å². The van der Waals surface area contributed by atoms with Gasteiger partial charge in [-0.3, -0.25) is 28.8 Å². The van der Waals surface area contributed by atoms with Crippen LogP contribution in [0.15, 0.2) is 30.3 Å². The second-order valence-corrected chi connectivity index (χ2v) is 8.02. The Kier molecular flexibility index (Phi) is 12.2. The summed E-state index contributed by atoms with van der Waals surface area (Å²) in [6.07, 6.45) is -2.51. The van der Waals surface area contributed by atoms with Gasteiger partial charge in [0.25, 0.3) is 0 Å². The van der Waals surface area contributed by atoms with Gasteiger partial charge in [-0.05, 0) is 12.0 Å². The zero-order chi connectivity index (χ0) is 28.1. The van der Waals surface area contributed by atoms with Gasteiger partial charge in [0.15, 0.2) is 0 Å². The van der Waals surface area contributed by atoms with Crippen LogP contribution in [0.25, 0.3) is 0 Å². The molecule has 1 rings (SSSR count). The third kappa shape index (κ3) is 11.6. The van der Waals surface area contributed by atoms with Gasteiger partial charge >= 0.3 is 17.9 Å². The quantitative estimate of drug-likeness (QED) is 0.110. The first-order valence-corrected chi connectivity index (χ1v) is 11.0. The van der Waals surface area contributed by atoms with E-state index in [0.717, 1.165) is 0 Å². The molecule has 0 saturated carbocycles. The second kappa shape index (κ2) is 14.8. The summed E-state index contributed by atoms with van der Waals surface area (Å²) >= 11 is 0. The predicted octanol–water partition coefficient (Wildman–Crippen LogP) is -2.69. The molecule has 10 N–H and O–H groups in total. The molecule has 0 bridgehead atoms. The molecule has 1 aromatic rings. The Bertz CT molecular complexity index is 1020. The molecule has 4 amide bonds. The van der Waals surface area contributed by atoms with E-state index in [9.17, 15) is 43.8 Å². The van der Waals surface area contributed by atoms with Gasteiger partial charge in [0.05, 0.1) is 18.9 Å². The van der Waals surface area contributed by atoms with E-state index in [1.165, 1.54) is 0 Å². The Morgan fingerprint density at radius 3 is 1.78 bits per heavy atom. The predicted molar refractivity (Wildman–Crippen MR) is 124 cm³/mol. The molecule has 0 spiro atoms. The lowest BCUT2D eigenvalue weighted by Crippen LogP contribution is -2.58. The third-order valence-corrected chi connectivity index (χ3v) is 4.95. The SMILES string of the molecule is NC(=O)CC(NC(=O)C(Cc1ccccc1)NC(=O)C(CC(=O)O)NC(=O)C(N)CCC(=O)O)C(=O)O. The molecule has 202 valence electrons. The minimum absolute atomic E-state index is 0.160. The van der Waals surface area contributed by atoms with Gasteiger partial charge in [-0.25, -0.2) is 4.79 Å². The molecular weight excluding hydrogens is 494 g/mol. The number of carbonyl (C=O) groups excluding carboxylic acids is 4. The third-order valence-electron chi connectivity index (χ3n) is 4.95. The van der Waals surface area contributed by atoms with E-state index in [1.54, 1.807) is 30.3 Å². The first kappa shape index (κ1) is 30.5. The number of nitrogens with one attached hydrogen (secondary N) is 3. The number of hydrogen-bond acceptors (Lipinski definition) is 8. The molecule has 1 aromatic carbocycles. The average molecular weight is 523 g/mol. The highest BCUT2D eigenvalue weighted by atomic mass is 16.4. The van der Waals surface area contributed by atoms with Crippen LogP contribution in [0.1, 0.15) is 31.2 Å². The molecule has 0 fully saturated rings. The van der Waals surface area contributed by atoms with Crippen molar-refractivity contribution in [1.82, 2.24) is 16.0 Å². The summed E-state index contributed by atoms with van der Waals surface area (Å²) in [6, 6.07) is 2.01. The molecule has 0 aliphatic rings. The van der Waals surface area contributed by atoms with Crippen molar-refractivity contribution in [1.29, 1.82) is 0 Å². The first-order valence-electron chi connectivity index (χ1n) is 11.0. The molecule has 4 atom stereocenters. The summed E-state index contributed by atoms with van der Waals surface area (Å²) < 4.78 is 0. The minimum atomic E-state index is -1.70. The van der Waals surface area contributed by atoms with E-state index in [0.29, 0.717) is 5.56 Å². The number of primary amides is 1. The van der Waals surface area contributed by atoms with Crippen molar-refractivity contribution in [2.45, 2.75) is 56.3 Å². The highest BCUT2D eigenvalue weighted by Crippen LogP contribution is 2.06. The van der Waals surface area contributed by atoms with Crippen molar-refractivity contribution < 1.29 is 48.9 Å². The minimum Gasteiger partial charge on any atom is -0.481 e. The van der Waals surface area contributed by atoms with E-state index in [-0.39, 0.29) is 12.8 Å². The Hall–Kier alpha value is -4.53. The fourth-order valence-electron chi connectivity index (χ4n) is 3.08. The van der Waals surface area contributed by atoms with E-state index in [2.05, 4.69) is 16.0 Å². The maximum atomic E-state index is 12.9. The van der Waals surface area contributed by atoms with Crippen LogP contribution in [0.4, 0.5) is 0 Å². The van der Waals surface area contributed by atoms with Crippen LogP contribution >= 0.6 is 0 Å². The van der Waals surface area contributed by atoms with Gasteiger partial charge in [-0.1, -0.05) is 30.3 Å². The topological polar surface area (TPSA) is 268 Å². The molecule has 4 unspecified atom stereocenters. The molecule has 37 heavy (non-hydrogen) atoms. The number of carbonyl (C=O) groups is 7. The number of carboxylic acid groups (broad SMARTS) is 3. The summed E-state index contributed by atoms with van der Waals surface area (Å²) in [5.74, 6) is -8.34. The number of amides is 4. The maximum Gasteiger partial charge on any atom is 0.326 e. The number of benzene rings is 1. The largest absolute Gasteiger partial charge is 0.481 e.